The summed E-state index contributed by atoms with van der Waals surface area (Å²) in [6, 6.07) is 11.3. The Bertz CT molecular complexity index is 926. The monoisotopic (exact) mass is 414 g/mol. The number of hydrogen-bond acceptors (Lipinski definition) is 3. The summed E-state index contributed by atoms with van der Waals surface area (Å²) in [7, 11) is -3.53. The van der Waals surface area contributed by atoms with Crippen molar-refractivity contribution in [1.29, 1.82) is 0 Å². The van der Waals surface area contributed by atoms with Crippen molar-refractivity contribution in [1.82, 2.24) is 0 Å². The van der Waals surface area contributed by atoms with Crippen LogP contribution in [0.5, 0.6) is 0 Å². The number of benzene rings is 2. The molecule has 0 heterocycles. The smallest absolute Gasteiger partial charge is 0.326 e. The lowest BCUT2D eigenvalue weighted by molar-refractivity contribution is -0.137. The maximum atomic E-state index is 12.7. The van der Waals surface area contributed by atoms with Crippen LogP contribution in [0, 0.1) is 6.92 Å². The third-order valence-electron chi connectivity index (χ3n) is 3.96. The maximum Gasteiger partial charge on any atom is 0.416 e. The molecule has 5 nitrogen and oxygen atoms in total. The van der Waals surface area contributed by atoms with Gasteiger partial charge in [0.05, 0.1) is 17.5 Å². The van der Waals surface area contributed by atoms with Crippen LogP contribution >= 0.6 is 0 Å². The average molecular weight is 414 g/mol. The van der Waals surface area contributed by atoms with Crippen LogP contribution in [0.25, 0.3) is 0 Å². The predicted octanol–water partition coefficient (Wildman–Crippen LogP) is 4.20. The number of carbonyl (C=O) groups is 1. The lowest BCUT2D eigenvalue weighted by Gasteiger charge is -2.22. The van der Waals surface area contributed by atoms with Crippen molar-refractivity contribution in [3.8, 4) is 0 Å². The molecule has 2 aromatic rings. The zero-order valence-corrected chi connectivity index (χ0v) is 16.3. The van der Waals surface area contributed by atoms with Crippen LogP contribution in [0.15, 0.2) is 48.5 Å². The number of halogens is 3. The normalized spacial score (nSPS) is 11.9. The molecule has 1 N–H and O–H groups in total. The first-order valence-corrected chi connectivity index (χ1v) is 10.3. The van der Waals surface area contributed by atoms with E-state index in [0.717, 1.165) is 24.0 Å². The zero-order valence-electron chi connectivity index (χ0n) is 15.5. The molecule has 0 aromatic heterocycles. The Labute approximate surface area is 162 Å². The number of anilines is 2. The van der Waals surface area contributed by atoms with Crippen LogP contribution < -0.4 is 9.62 Å². The molecule has 2 rings (SSSR count). The third kappa shape index (κ3) is 6.26. The summed E-state index contributed by atoms with van der Waals surface area (Å²) in [4.78, 5) is 12.0. The predicted molar refractivity (Wildman–Crippen MR) is 103 cm³/mol. The van der Waals surface area contributed by atoms with Crippen LogP contribution in [0.4, 0.5) is 24.5 Å². The van der Waals surface area contributed by atoms with Gasteiger partial charge >= 0.3 is 6.18 Å². The summed E-state index contributed by atoms with van der Waals surface area (Å²) in [6.45, 7) is 1.96. The van der Waals surface area contributed by atoms with Crippen LogP contribution in [-0.4, -0.2) is 27.1 Å². The van der Waals surface area contributed by atoms with Crippen molar-refractivity contribution in [2.45, 2.75) is 25.9 Å². The molecule has 1 amide bonds. The molecule has 28 heavy (non-hydrogen) atoms. The molecule has 0 radical (unpaired) electrons. The van der Waals surface area contributed by atoms with Gasteiger partial charge in [0.1, 0.15) is 0 Å². The molecule has 0 aliphatic rings. The molecule has 0 saturated carbocycles. The van der Waals surface area contributed by atoms with Gasteiger partial charge in [-0.2, -0.15) is 13.2 Å². The summed E-state index contributed by atoms with van der Waals surface area (Å²) in [5.74, 6) is -0.489. The third-order valence-corrected chi connectivity index (χ3v) is 5.16. The Morgan fingerprint density at radius 3 is 2.32 bits per heavy atom. The van der Waals surface area contributed by atoms with Gasteiger partial charge in [-0.05, 0) is 43.7 Å². The molecule has 0 spiro atoms. The Morgan fingerprint density at radius 2 is 1.75 bits per heavy atom. The van der Waals surface area contributed by atoms with E-state index in [0.29, 0.717) is 5.69 Å². The summed E-state index contributed by atoms with van der Waals surface area (Å²) in [5, 5.41) is 2.41. The lowest BCUT2D eigenvalue weighted by atomic mass is 10.2. The highest BCUT2D eigenvalue weighted by molar-refractivity contribution is 7.92. The van der Waals surface area contributed by atoms with Gasteiger partial charge < -0.3 is 5.32 Å². The fraction of sp³-hybridized carbons (Fsp3) is 0.316. The molecule has 0 unspecified atom stereocenters. The minimum atomic E-state index is -4.50. The van der Waals surface area contributed by atoms with Crippen molar-refractivity contribution in [3.05, 3.63) is 59.7 Å². The highest BCUT2D eigenvalue weighted by Crippen LogP contribution is 2.30. The fourth-order valence-corrected chi connectivity index (χ4v) is 3.54. The second kappa shape index (κ2) is 8.64. The number of sulfonamides is 1. The van der Waals surface area contributed by atoms with Gasteiger partial charge in [-0.3, -0.25) is 9.10 Å². The van der Waals surface area contributed by atoms with Crippen molar-refractivity contribution in [2.75, 3.05) is 22.4 Å². The summed E-state index contributed by atoms with van der Waals surface area (Å²) >= 11 is 0. The Morgan fingerprint density at radius 1 is 1.11 bits per heavy atom. The van der Waals surface area contributed by atoms with Gasteiger partial charge in [0, 0.05) is 18.7 Å². The lowest BCUT2D eigenvalue weighted by Crippen LogP contribution is -2.31. The number of amides is 1. The van der Waals surface area contributed by atoms with E-state index in [4.69, 9.17) is 0 Å². The Hall–Kier alpha value is -2.55. The van der Waals surface area contributed by atoms with Crippen LogP contribution in [0.2, 0.25) is 0 Å². The van der Waals surface area contributed by atoms with E-state index in [1.165, 1.54) is 16.4 Å². The minimum absolute atomic E-state index is 0.0336. The van der Waals surface area contributed by atoms with E-state index in [2.05, 4.69) is 5.32 Å². The molecule has 0 aliphatic heterocycles. The largest absolute Gasteiger partial charge is 0.416 e. The Balaban J connectivity index is 1.97. The van der Waals surface area contributed by atoms with E-state index in [1.807, 2.05) is 6.92 Å². The number of alkyl halides is 3. The van der Waals surface area contributed by atoms with Gasteiger partial charge in [0.15, 0.2) is 0 Å². The van der Waals surface area contributed by atoms with Crippen molar-refractivity contribution in [2.24, 2.45) is 0 Å². The molecule has 2 aromatic carbocycles. The number of nitrogens with zero attached hydrogens (tertiary/aromatic N) is 1. The number of rotatable bonds is 7. The van der Waals surface area contributed by atoms with Gasteiger partial charge in [-0.1, -0.05) is 23.8 Å². The molecule has 0 fully saturated rings. The van der Waals surface area contributed by atoms with E-state index >= 15 is 0 Å². The second-order valence-electron chi connectivity index (χ2n) is 6.40. The molecule has 0 bridgehead atoms. The molecular weight excluding hydrogens is 393 g/mol. The fourth-order valence-electron chi connectivity index (χ4n) is 2.58. The average Bonchev–Trinajstić information content (AvgIpc) is 2.58. The van der Waals surface area contributed by atoms with Crippen molar-refractivity contribution >= 4 is 27.3 Å². The van der Waals surface area contributed by atoms with Gasteiger partial charge in [-0.25, -0.2) is 8.42 Å². The number of nitrogens with one attached hydrogen (secondary N) is 1. The first-order chi connectivity index (χ1) is 13.0. The standard InChI is InChI=1S/C19H21F3N2O3S/c1-14-8-10-17(11-9-14)24(28(2,26)27)12-4-7-18(25)23-16-6-3-5-15(13-16)19(20,21)22/h3,5-6,8-11,13H,4,7,12H2,1-2H3,(H,23,25). The Kier molecular flexibility index (Phi) is 6.71. The van der Waals surface area contributed by atoms with Gasteiger partial charge in [-0.15, -0.1) is 0 Å². The summed E-state index contributed by atoms with van der Waals surface area (Å²) in [5.41, 5.74) is 0.662. The maximum absolute atomic E-state index is 12.7. The van der Waals surface area contributed by atoms with E-state index < -0.39 is 27.7 Å². The highest BCUT2D eigenvalue weighted by atomic mass is 32.2. The first-order valence-electron chi connectivity index (χ1n) is 8.48. The first kappa shape index (κ1) is 21.7. The molecule has 0 atom stereocenters. The van der Waals surface area contributed by atoms with Crippen LogP contribution in [0.1, 0.15) is 24.0 Å². The molecule has 0 aliphatic carbocycles. The van der Waals surface area contributed by atoms with Gasteiger partial charge in [0.25, 0.3) is 0 Å². The molecule has 9 heteroatoms. The number of hydrogen-bond donors (Lipinski definition) is 1. The summed E-state index contributed by atoms with van der Waals surface area (Å²) < 4.78 is 63.4. The van der Waals surface area contributed by atoms with E-state index in [9.17, 15) is 26.4 Å². The molecular formula is C19H21F3N2O3S. The molecule has 152 valence electrons. The number of aryl methyl sites for hydroxylation is 1. The van der Waals surface area contributed by atoms with E-state index in [-0.39, 0.29) is 25.1 Å². The zero-order chi connectivity index (χ0) is 20.9. The quantitative estimate of drug-likeness (QED) is 0.739. The molecule has 0 saturated heterocycles. The highest BCUT2D eigenvalue weighted by Gasteiger charge is 2.30. The second-order valence-corrected chi connectivity index (χ2v) is 8.31. The van der Waals surface area contributed by atoms with Gasteiger partial charge in [0.2, 0.25) is 15.9 Å². The minimum Gasteiger partial charge on any atom is -0.326 e. The van der Waals surface area contributed by atoms with E-state index in [1.54, 1.807) is 24.3 Å². The van der Waals surface area contributed by atoms with Crippen LogP contribution in [-0.2, 0) is 21.0 Å². The van der Waals surface area contributed by atoms with Crippen molar-refractivity contribution in [3.63, 3.8) is 0 Å². The van der Waals surface area contributed by atoms with Crippen LogP contribution in [0.3, 0.4) is 0 Å². The topological polar surface area (TPSA) is 66.5 Å². The SMILES string of the molecule is Cc1ccc(N(CCCC(=O)Nc2cccc(C(F)(F)F)c2)S(C)(=O)=O)cc1. The van der Waals surface area contributed by atoms with Crippen molar-refractivity contribution < 1.29 is 26.4 Å². The summed E-state index contributed by atoms with van der Waals surface area (Å²) in [6.07, 6.45) is -3.24. The number of carbonyl (C=O) groups excluding carboxylic acids is 1.